The first-order chi connectivity index (χ1) is 9.65. The summed E-state index contributed by atoms with van der Waals surface area (Å²) in [6.45, 7) is 2.34. The van der Waals surface area contributed by atoms with Crippen molar-refractivity contribution >= 4 is 34.2 Å². The summed E-state index contributed by atoms with van der Waals surface area (Å²) >= 11 is 2.22. The Hall–Kier alpha value is -1.40. The summed E-state index contributed by atoms with van der Waals surface area (Å²) in [5.74, 6) is -0.0326. The molecule has 0 aliphatic carbocycles. The molecule has 3 nitrogen and oxygen atoms in total. The lowest BCUT2D eigenvalue weighted by Crippen LogP contribution is -2.30. The fraction of sp³-hybridized carbons (Fsp3) is 0.188. The van der Waals surface area contributed by atoms with Crippen LogP contribution in [0.25, 0.3) is 0 Å². The first-order valence-electron chi connectivity index (χ1n) is 6.49. The minimum absolute atomic E-state index is 0.0326. The standard InChI is InChI=1S/C16H17IN2O/c1-12(13-6-3-2-4-7-13)18-11-16(20)19-15-9-5-8-14(17)10-15/h2-10,12,18H,11H2,1H3,(H,19,20)/t12-/m1/s1. The average molecular weight is 380 g/mol. The maximum atomic E-state index is 11.9. The molecule has 0 aliphatic heterocycles. The van der Waals surface area contributed by atoms with Gasteiger partial charge in [-0.15, -0.1) is 0 Å². The molecule has 4 heteroatoms. The predicted octanol–water partition coefficient (Wildman–Crippen LogP) is 3.58. The highest BCUT2D eigenvalue weighted by Crippen LogP contribution is 2.13. The van der Waals surface area contributed by atoms with E-state index in [1.807, 2.05) is 49.4 Å². The number of carbonyl (C=O) groups excluding carboxylic acids is 1. The average Bonchev–Trinajstić information content (AvgIpc) is 2.46. The highest BCUT2D eigenvalue weighted by Gasteiger charge is 2.07. The van der Waals surface area contributed by atoms with Crippen LogP contribution in [0.3, 0.4) is 0 Å². The number of halogens is 1. The quantitative estimate of drug-likeness (QED) is 0.779. The zero-order chi connectivity index (χ0) is 14.4. The van der Waals surface area contributed by atoms with Gasteiger partial charge in [0.2, 0.25) is 5.91 Å². The van der Waals surface area contributed by atoms with Crippen LogP contribution >= 0.6 is 22.6 Å². The third-order valence-electron chi connectivity index (χ3n) is 2.98. The van der Waals surface area contributed by atoms with Crippen LogP contribution in [0.5, 0.6) is 0 Å². The number of hydrogen-bond acceptors (Lipinski definition) is 2. The lowest BCUT2D eigenvalue weighted by molar-refractivity contribution is -0.115. The number of hydrogen-bond donors (Lipinski definition) is 2. The number of rotatable bonds is 5. The van der Waals surface area contributed by atoms with E-state index in [-0.39, 0.29) is 11.9 Å². The van der Waals surface area contributed by atoms with E-state index in [1.165, 1.54) is 5.56 Å². The Morgan fingerprint density at radius 2 is 1.90 bits per heavy atom. The molecule has 1 atom stereocenters. The van der Waals surface area contributed by atoms with Gasteiger partial charge in [0.1, 0.15) is 0 Å². The maximum absolute atomic E-state index is 11.9. The molecule has 2 aromatic carbocycles. The van der Waals surface area contributed by atoms with E-state index in [2.05, 4.69) is 45.4 Å². The molecule has 0 spiro atoms. The van der Waals surface area contributed by atoms with Gasteiger partial charge in [-0.3, -0.25) is 4.79 Å². The Morgan fingerprint density at radius 1 is 1.15 bits per heavy atom. The van der Waals surface area contributed by atoms with Crippen LogP contribution in [0.1, 0.15) is 18.5 Å². The largest absolute Gasteiger partial charge is 0.325 e. The molecule has 2 N–H and O–H groups in total. The van der Waals surface area contributed by atoms with Crippen molar-refractivity contribution in [3.05, 3.63) is 63.7 Å². The van der Waals surface area contributed by atoms with Crippen molar-refractivity contribution in [3.8, 4) is 0 Å². The molecular formula is C16H17IN2O. The second-order valence-corrected chi connectivity index (χ2v) is 5.82. The lowest BCUT2D eigenvalue weighted by atomic mass is 10.1. The minimum atomic E-state index is -0.0326. The minimum Gasteiger partial charge on any atom is -0.325 e. The molecule has 0 aliphatic rings. The van der Waals surface area contributed by atoms with E-state index in [0.29, 0.717) is 6.54 Å². The lowest BCUT2D eigenvalue weighted by Gasteiger charge is -2.14. The van der Waals surface area contributed by atoms with Crippen molar-refractivity contribution in [1.29, 1.82) is 0 Å². The number of anilines is 1. The zero-order valence-electron chi connectivity index (χ0n) is 11.3. The van der Waals surface area contributed by atoms with Gasteiger partial charge in [0.25, 0.3) is 0 Å². The summed E-state index contributed by atoms with van der Waals surface area (Å²) in [6, 6.07) is 18.0. The Morgan fingerprint density at radius 3 is 2.60 bits per heavy atom. The molecule has 0 aromatic heterocycles. The Balaban J connectivity index is 1.83. The molecule has 0 saturated carbocycles. The van der Waals surface area contributed by atoms with Gasteiger partial charge < -0.3 is 10.6 Å². The van der Waals surface area contributed by atoms with Gasteiger partial charge in [0.15, 0.2) is 0 Å². The van der Waals surface area contributed by atoms with E-state index in [4.69, 9.17) is 0 Å². The van der Waals surface area contributed by atoms with Gasteiger partial charge in [0, 0.05) is 15.3 Å². The number of benzene rings is 2. The van der Waals surface area contributed by atoms with Crippen molar-refractivity contribution in [2.24, 2.45) is 0 Å². The molecule has 1 amide bonds. The molecule has 0 bridgehead atoms. The SMILES string of the molecule is C[C@@H](NCC(=O)Nc1cccc(I)c1)c1ccccc1. The summed E-state index contributed by atoms with van der Waals surface area (Å²) in [5.41, 5.74) is 2.01. The van der Waals surface area contributed by atoms with Gasteiger partial charge in [-0.25, -0.2) is 0 Å². The molecule has 20 heavy (non-hydrogen) atoms. The molecular weight excluding hydrogens is 363 g/mol. The van der Waals surface area contributed by atoms with Crippen LogP contribution in [0.15, 0.2) is 54.6 Å². The molecule has 0 heterocycles. The van der Waals surface area contributed by atoms with Crippen LogP contribution in [0.2, 0.25) is 0 Å². The smallest absolute Gasteiger partial charge is 0.238 e. The highest BCUT2D eigenvalue weighted by molar-refractivity contribution is 14.1. The van der Waals surface area contributed by atoms with Crippen molar-refractivity contribution in [1.82, 2.24) is 5.32 Å². The molecule has 2 rings (SSSR count). The van der Waals surface area contributed by atoms with Gasteiger partial charge in [-0.1, -0.05) is 36.4 Å². The molecule has 0 fully saturated rings. The third-order valence-corrected chi connectivity index (χ3v) is 3.65. The number of nitrogens with one attached hydrogen (secondary N) is 2. The topological polar surface area (TPSA) is 41.1 Å². The van der Waals surface area contributed by atoms with E-state index in [1.54, 1.807) is 0 Å². The number of amides is 1. The van der Waals surface area contributed by atoms with Crippen LogP contribution in [-0.4, -0.2) is 12.5 Å². The molecule has 104 valence electrons. The fourth-order valence-corrected chi connectivity index (χ4v) is 2.42. The predicted molar refractivity (Wildman–Crippen MR) is 90.6 cm³/mol. The Bertz CT molecular complexity index is 572. The van der Waals surface area contributed by atoms with E-state index < -0.39 is 0 Å². The van der Waals surface area contributed by atoms with Gasteiger partial charge in [-0.05, 0) is 53.3 Å². The van der Waals surface area contributed by atoms with Crippen molar-refractivity contribution in [2.45, 2.75) is 13.0 Å². The normalized spacial score (nSPS) is 11.9. The Kier molecular flexibility index (Phi) is 5.55. The summed E-state index contributed by atoms with van der Waals surface area (Å²) in [6.07, 6.45) is 0. The van der Waals surface area contributed by atoms with E-state index >= 15 is 0 Å². The monoisotopic (exact) mass is 380 g/mol. The summed E-state index contributed by atoms with van der Waals surface area (Å²) in [4.78, 5) is 11.9. The molecule has 2 aromatic rings. The third kappa shape index (κ3) is 4.61. The van der Waals surface area contributed by atoms with E-state index in [9.17, 15) is 4.79 Å². The summed E-state index contributed by atoms with van der Waals surface area (Å²) in [7, 11) is 0. The highest BCUT2D eigenvalue weighted by atomic mass is 127. The maximum Gasteiger partial charge on any atom is 0.238 e. The second-order valence-electron chi connectivity index (χ2n) is 4.57. The van der Waals surface area contributed by atoms with Gasteiger partial charge >= 0.3 is 0 Å². The van der Waals surface area contributed by atoms with Crippen LogP contribution < -0.4 is 10.6 Å². The first kappa shape index (κ1) is 15.0. The van der Waals surface area contributed by atoms with Crippen molar-refractivity contribution in [3.63, 3.8) is 0 Å². The van der Waals surface area contributed by atoms with E-state index in [0.717, 1.165) is 9.26 Å². The van der Waals surface area contributed by atoms with Gasteiger partial charge in [-0.2, -0.15) is 0 Å². The molecule has 0 unspecified atom stereocenters. The van der Waals surface area contributed by atoms with Crippen LogP contribution in [-0.2, 0) is 4.79 Å². The summed E-state index contributed by atoms with van der Waals surface area (Å²) < 4.78 is 1.10. The molecule has 0 radical (unpaired) electrons. The Labute approximate surface area is 132 Å². The summed E-state index contributed by atoms with van der Waals surface area (Å²) in [5, 5.41) is 6.10. The first-order valence-corrected chi connectivity index (χ1v) is 7.57. The van der Waals surface area contributed by atoms with Crippen LogP contribution in [0, 0.1) is 3.57 Å². The van der Waals surface area contributed by atoms with Crippen molar-refractivity contribution < 1.29 is 4.79 Å². The van der Waals surface area contributed by atoms with Crippen molar-refractivity contribution in [2.75, 3.05) is 11.9 Å². The molecule has 0 saturated heterocycles. The number of carbonyl (C=O) groups is 1. The van der Waals surface area contributed by atoms with Gasteiger partial charge in [0.05, 0.1) is 6.54 Å². The van der Waals surface area contributed by atoms with Crippen LogP contribution in [0.4, 0.5) is 5.69 Å². The fourth-order valence-electron chi connectivity index (χ4n) is 1.88. The second kappa shape index (κ2) is 7.40. The zero-order valence-corrected chi connectivity index (χ0v) is 13.4.